The van der Waals surface area contributed by atoms with Crippen LogP contribution >= 0.6 is 11.8 Å². The van der Waals surface area contributed by atoms with Gasteiger partial charge in [0.15, 0.2) is 5.16 Å². The molecule has 2 aromatic heterocycles. The Morgan fingerprint density at radius 3 is 2.45 bits per heavy atom. The van der Waals surface area contributed by atoms with Gasteiger partial charge in [-0.05, 0) is 30.7 Å². The molecule has 1 amide bonds. The summed E-state index contributed by atoms with van der Waals surface area (Å²) in [4.78, 5) is 24.1. The Bertz CT molecular complexity index is 968. The van der Waals surface area contributed by atoms with Gasteiger partial charge in [-0.15, -0.1) is 0 Å². The number of aromatic nitrogens is 3. The second-order valence-corrected chi connectivity index (χ2v) is 7.43. The molecule has 0 aliphatic carbocycles. The zero-order valence-corrected chi connectivity index (χ0v) is 16.2. The number of hydrogen-bond acceptors (Lipinski definition) is 5. The van der Waals surface area contributed by atoms with Crippen molar-refractivity contribution in [3.8, 4) is 11.3 Å². The van der Waals surface area contributed by atoms with Gasteiger partial charge in [0.2, 0.25) is 5.91 Å². The van der Waals surface area contributed by atoms with Crippen LogP contribution in [-0.2, 0) is 17.5 Å². The zero-order chi connectivity index (χ0) is 20.9. The first-order chi connectivity index (χ1) is 13.8. The third-order valence-electron chi connectivity index (χ3n) is 3.93. The molecule has 0 aliphatic heterocycles. The van der Waals surface area contributed by atoms with Crippen molar-refractivity contribution < 1.29 is 18.0 Å². The standard InChI is InChI=1S/C20H17F3N4OS/c1-13(18(28)25-12-14-7-9-24-10-8-14)29-19-26-16(15-5-3-2-4-6-15)11-17(27-19)20(21,22)23/h2-11,13H,12H2,1H3,(H,25,28). The van der Waals surface area contributed by atoms with Gasteiger partial charge in [0.25, 0.3) is 0 Å². The topological polar surface area (TPSA) is 67.8 Å². The van der Waals surface area contributed by atoms with Gasteiger partial charge in [-0.25, -0.2) is 9.97 Å². The first kappa shape index (κ1) is 20.8. The molecule has 9 heteroatoms. The number of hydrogen-bond donors (Lipinski definition) is 1. The summed E-state index contributed by atoms with van der Waals surface area (Å²) in [6, 6.07) is 13.0. The minimum Gasteiger partial charge on any atom is -0.351 e. The van der Waals surface area contributed by atoms with Gasteiger partial charge in [-0.1, -0.05) is 42.1 Å². The Morgan fingerprint density at radius 2 is 1.79 bits per heavy atom. The monoisotopic (exact) mass is 418 g/mol. The molecule has 1 atom stereocenters. The van der Waals surface area contributed by atoms with E-state index in [0.29, 0.717) is 12.1 Å². The van der Waals surface area contributed by atoms with Crippen molar-refractivity contribution in [1.82, 2.24) is 20.3 Å². The second kappa shape index (κ2) is 9.04. The number of benzene rings is 1. The number of carbonyl (C=O) groups excluding carboxylic acids is 1. The maximum atomic E-state index is 13.3. The SMILES string of the molecule is CC(Sc1nc(-c2ccccc2)cc(C(F)(F)F)n1)C(=O)NCc1ccncc1. The normalized spacial score (nSPS) is 12.4. The van der Waals surface area contributed by atoms with E-state index in [-0.39, 0.29) is 16.8 Å². The van der Waals surface area contributed by atoms with Crippen LogP contribution < -0.4 is 5.32 Å². The molecule has 0 radical (unpaired) electrons. The Hall–Kier alpha value is -2.94. The molecule has 1 unspecified atom stereocenters. The molecule has 2 heterocycles. The van der Waals surface area contributed by atoms with Gasteiger partial charge in [-0.2, -0.15) is 13.2 Å². The van der Waals surface area contributed by atoms with Crippen LogP contribution in [0.2, 0.25) is 0 Å². The fourth-order valence-corrected chi connectivity index (χ4v) is 3.23. The molecule has 0 spiro atoms. The smallest absolute Gasteiger partial charge is 0.351 e. The van der Waals surface area contributed by atoms with E-state index in [1.807, 2.05) is 0 Å². The number of nitrogens with one attached hydrogen (secondary N) is 1. The Balaban J connectivity index is 1.77. The summed E-state index contributed by atoms with van der Waals surface area (Å²) < 4.78 is 39.9. The van der Waals surface area contributed by atoms with Crippen LogP contribution in [0.15, 0.2) is 66.1 Å². The molecule has 0 bridgehead atoms. The minimum atomic E-state index is -4.62. The molecule has 3 rings (SSSR count). The molecule has 5 nitrogen and oxygen atoms in total. The lowest BCUT2D eigenvalue weighted by Gasteiger charge is -2.14. The van der Waals surface area contributed by atoms with Gasteiger partial charge < -0.3 is 5.32 Å². The van der Waals surface area contributed by atoms with E-state index >= 15 is 0 Å². The molecule has 0 saturated carbocycles. The Labute approximate surface area is 169 Å². The number of carbonyl (C=O) groups is 1. The molecule has 0 fully saturated rings. The fourth-order valence-electron chi connectivity index (χ4n) is 2.43. The predicted octanol–water partition coefficient (Wildman–Crippen LogP) is 4.35. The highest BCUT2D eigenvalue weighted by atomic mass is 32.2. The number of halogens is 3. The molecular weight excluding hydrogens is 401 g/mol. The van der Waals surface area contributed by atoms with E-state index in [0.717, 1.165) is 23.4 Å². The van der Waals surface area contributed by atoms with Crippen molar-refractivity contribution in [3.05, 3.63) is 72.2 Å². The average Bonchev–Trinajstić information content (AvgIpc) is 2.72. The Morgan fingerprint density at radius 1 is 1.10 bits per heavy atom. The summed E-state index contributed by atoms with van der Waals surface area (Å²) in [5.41, 5.74) is 0.516. The van der Waals surface area contributed by atoms with Crippen molar-refractivity contribution >= 4 is 17.7 Å². The number of pyridine rings is 1. The summed E-state index contributed by atoms with van der Waals surface area (Å²) in [6.07, 6.45) is -1.39. The van der Waals surface area contributed by atoms with Gasteiger partial charge in [0.1, 0.15) is 5.69 Å². The Kier molecular flexibility index (Phi) is 6.48. The fraction of sp³-hybridized carbons (Fsp3) is 0.200. The van der Waals surface area contributed by atoms with Crippen molar-refractivity contribution in [2.75, 3.05) is 0 Å². The van der Waals surface area contributed by atoms with Crippen LogP contribution in [0.1, 0.15) is 18.2 Å². The second-order valence-electron chi connectivity index (χ2n) is 6.12. The summed E-state index contributed by atoms with van der Waals surface area (Å²) >= 11 is 0.879. The van der Waals surface area contributed by atoms with Crippen LogP contribution in [0.4, 0.5) is 13.2 Å². The van der Waals surface area contributed by atoms with Crippen LogP contribution in [0.25, 0.3) is 11.3 Å². The van der Waals surface area contributed by atoms with Gasteiger partial charge >= 0.3 is 6.18 Å². The number of amides is 1. The number of alkyl halides is 3. The summed E-state index contributed by atoms with van der Waals surface area (Å²) in [7, 11) is 0. The lowest BCUT2D eigenvalue weighted by molar-refractivity contribution is -0.141. The molecule has 1 N–H and O–H groups in total. The number of nitrogens with zero attached hydrogens (tertiary/aromatic N) is 3. The van der Waals surface area contributed by atoms with Gasteiger partial charge in [-0.3, -0.25) is 9.78 Å². The van der Waals surface area contributed by atoms with Crippen molar-refractivity contribution in [2.24, 2.45) is 0 Å². The molecule has 29 heavy (non-hydrogen) atoms. The van der Waals surface area contributed by atoms with E-state index in [9.17, 15) is 18.0 Å². The van der Waals surface area contributed by atoms with E-state index in [1.165, 1.54) is 0 Å². The number of thioether (sulfide) groups is 1. The highest BCUT2D eigenvalue weighted by molar-refractivity contribution is 8.00. The largest absolute Gasteiger partial charge is 0.433 e. The predicted molar refractivity (Wildman–Crippen MR) is 104 cm³/mol. The highest BCUT2D eigenvalue weighted by Crippen LogP contribution is 2.32. The van der Waals surface area contributed by atoms with Gasteiger partial charge in [0, 0.05) is 24.5 Å². The first-order valence-corrected chi connectivity index (χ1v) is 9.56. The summed E-state index contributed by atoms with van der Waals surface area (Å²) in [5, 5.41) is 1.96. The van der Waals surface area contributed by atoms with Crippen LogP contribution in [0.5, 0.6) is 0 Å². The maximum absolute atomic E-state index is 13.3. The molecule has 0 aliphatic rings. The van der Waals surface area contributed by atoms with Gasteiger partial charge in [0.05, 0.1) is 10.9 Å². The van der Waals surface area contributed by atoms with Crippen molar-refractivity contribution in [1.29, 1.82) is 0 Å². The minimum absolute atomic E-state index is 0.106. The van der Waals surface area contributed by atoms with Crippen LogP contribution in [0.3, 0.4) is 0 Å². The lowest BCUT2D eigenvalue weighted by Crippen LogP contribution is -2.30. The van der Waals surface area contributed by atoms with Crippen LogP contribution in [0, 0.1) is 0 Å². The molecule has 3 aromatic rings. The van der Waals surface area contributed by atoms with E-state index < -0.39 is 17.1 Å². The summed E-state index contributed by atoms with van der Waals surface area (Å²) in [6.45, 7) is 1.89. The third kappa shape index (κ3) is 5.77. The lowest BCUT2D eigenvalue weighted by atomic mass is 10.1. The molecule has 1 aromatic carbocycles. The first-order valence-electron chi connectivity index (χ1n) is 8.68. The molecule has 0 saturated heterocycles. The van der Waals surface area contributed by atoms with Crippen molar-refractivity contribution in [3.63, 3.8) is 0 Å². The molecule has 150 valence electrons. The van der Waals surface area contributed by atoms with E-state index in [4.69, 9.17) is 0 Å². The average molecular weight is 418 g/mol. The van der Waals surface area contributed by atoms with E-state index in [2.05, 4.69) is 20.3 Å². The third-order valence-corrected chi connectivity index (χ3v) is 4.89. The van der Waals surface area contributed by atoms with Crippen molar-refractivity contribution in [2.45, 2.75) is 30.1 Å². The number of rotatable bonds is 6. The molecular formula is C20H17F3N4OS. The zero-order valence-electron chi connectivity index (χ0n) is 15.3. The quantitative estimate of drug-likeness (QED) is 0.476. The maximum Gasteiger partial charge on any atom is 0.433 e. The van der Waals surface area contributed by atoms with E-state index in [1.54, 1.807) is 61.8 Å². The summed E-state index contributed by atoms with van der Waals surface area (Å²) in [5.74, 6) is -0.325. The van der Waals surface area contributed by atoms with Crippen LogP contribution in [-0.4, -0.2) is 26.1 Å². The highest BCUT2D eigenvalue weighted by Gasteiger charge is 2.34.